The van der Waals surface area contributed by atoms with Crippen LogP contribution in [0, 0.1) is 5.92 Å². The van der Waals surface area contributed by atoms with Crippen molar-refractivity contribution < 1.29 is 15.0 Å². The summed E-state index contributed by atoms with van der Waals surface area (Å²) in [6.07, 6.45) is 2.44. The minimum atomic E-state index is -0.726. The van der Waals surface area contributed by atoms with E-state index < -0.39 is 5.97 Å². The average Bonchev–Trinajstić information content (AvgIpc) is 2.21. The van der Waals surface area contributed by atoms with Crippen molar-refractivity contribution in [3.8, 4) is 0 Å². The lowest BCUT2D eigenvalue weighted by Gasteiger charge is -2.12. The zero-order valence-electron chi connectivity index (χ0n) is 9.70. The van der Waals surface area contributed by atoms with Gasteiger partial charge in [0.1, 0.15) is 0 Å². The first-order valence-electron chi connectivity index (χ1n) is 5.66. The Morgan fingerprint density at radius 3 is 2.60 bits per heavy atom. The third-order valence-corrected chi connectivity index (χ3v) is 2.52. The van der Waals surface area contributed by atoms with Crippen molar-refractivity contribution in [1.29, 1.82) is 0 Å². The van der Waals surface area contributed by atoms with Crippen LogP contribution in [0.5, 0.6) is 0 Å². The molecule has 0 aliphatic rings. The third-order valence-electron chi connectivity index (χ3n) is 2.52. The first-order valence-corrected chi connectivity index (χ1v) is 5.66. The van der Waals surface area contributed by atoms with Crippen molar-refractivity contribution in [3.63, 3.8) is 0 Å². The second kappa shape index (κ2) is 8.68. The molecule has 4 heteroatoms. The van der Waals surface area contributed by atoms with Crippen LogP contribution in [0.3, 0.4) is 0 Å². The van der Waals surface area contributed by atoms with Gasteiger partial charge in [0, 0.05) is 13.0 Å². The van der Waals surface area contributed by atoms with E-state index in [1.807, 2.05) is 6.92 Å². The van der Waals surface area contributed by atoms with Crippen molar-refractivity contribution in [3.05, 3.63) is 0 Å². The fraction of sp³-hybridized carbons (Fsp3) is 0.909. The van der Waals surface area contributed by atoms with Crippen molar-refractivity contribution in [2.75, 3.05) is 13.1 Å². The molecule has 3 N–H and O–H groups in total. The van der Waals surface area contributed by atoms with E-state index >= 15 is 0 Å². The van der Waals surface area contributed by atoms with Gasteiger partial charge in [0.25, 0.3) is 0 Å². The summed E-state index contributed by atoms with van der Waals surface area (Å²) in [7, 11) is 0. The Labute approximate surface area is 91.7 Å². The highest BCUT2D eigenvalue weighted by molar-refractivity contribution is 5.66. The van der Waals surface area contributed by atoms with Crippen LogP contribution in [0.4, 0.5) is 0 Å². The maximum Gasteiger partial charge on any atom is 0.303 e. The summed E-state index contributed by atoms with van der Waals surface area (Å²) in [5.74, 6) is -0.302. The molecule has 2 unspecified atom stereocenters. The molecule has 0 rings (SSSR count). The molecule has 0 radical (unpaired) electrons. The summed E-state index contributed by atoms with van der Waals surface area (Å²) in [6.45, 7) is 5.47. The number of carbonyl (C=O) groups is 1. The lowest BCUT2D eigenvalue weighted by Crippen LogP contribution is -2.27. The Morgan fingerprint density at radius 1 is 1.40 bits per heavy atom. The van der Waals surface area contributed by atoms with E-state index in [1.54, 1.807) is 0 Å². The smallest absolute Gasteiger partial charge is 0.303 e. The highest BCUT2D eigenvalue weighted by Gasteiger charge is 2.05. The number of nitrogens with one attached hydrogen (secondary N) is 1. The molecular weight excluding hydrogens is 194 g/mol. The summed E-state index contributed by atoms with van der Waals surface area (Å²) in [5, 5.41) is 20.9. The van der Waals surface area contributed by atoms with Crippen LogP contribution in [-0.4, -0.2) is 35.4 Å². The van der Waals surface area contributed by atoms with E-state index in [4.69, 9.17) is 5.11 Å². The largest absolute Gasteiger partial charge is 0.481 e. The van der Waals surface area contributed by atoms with E-state index in [1.165, 1.54) is 0 Å². The first-order chi connectivity index (χ1) is 7.06. The van der Waals surface area contributed by atoms with Gasteiger partial charge in [-0.1, -0.05) is 13.8 Å². The maximum atomic E-state index is 10.3. The molecule has 4 nitrogen and oxygen atoms in total. The second-order valence-electron chi connectivity index (χ2n) is 4.09. The Kier molecular flexibility index (Phi) is 8.33. The normalized spacial score (nSPS) is 14.9. The molecule has 15 heavy (non-hydrogen) atoms. The Bertz CT molecular complexity index is 173. The monoisotopic (exact) mass is 217 g/mol. The SMILES string of the molecule is CCC(O)CNCCC(C)CCC(=O)O. The van der Waals surface area contributed by atoms with Crippen LogP contribution in [0.25, 0.3) is 0 Å². The molecule has 0 aromatic rings. The van der Waals surface area contributed by atoms with Gasteiger partial charge in [-0.3, -0.25) is 4.79 Å². The molecule has 0 heterocycles. The molecule has 0 aromatic heterocycles. The molecule has 90 valence electrons. The summed E-state index contributed by atoms with van der Waals surface area (Å²) in [5.41, 5.74) is 0. The van der Waals surface area contributed by atoms with E-state index in [0.717, 1.165) is 25.8 Å². The number of aliphatic carboxylic acids is 1. The van der Waals surface area contributed by atoms with Gasteiger partial charge in [-0.25, -0.2) is 0 Å². The average molecular weight is 217 g/mol. The first kappa shape index (κ1) is 14.4. The van der Waals surface area contributed by atoms with Crippen molar-refractivity contribution in [2.45, 2.75) is 45.6 Å². The predicted octanol–water partition coefficient (Wildman–Crippen LogP) is 1.24. The Balaban J connectivity index is 3.31. The number of rotatable bonds is 9. The molecule has 0 spiro atoms. The maximum absolute atomic E-state index is 10.3. The topological polar surface area (TPSA) is 69.6 Å². The van der Waals surface area contributed by atoms with Gasteiger partial charge in [0.15, 0.2) is 0 Å². The molecule has 0 aliphatic carbocycles. The fourth-order valence-electron chi connectivity index (χ4n) is 1.28. The summed E-state index contributed by atoms with van der Waals surface area (Å²) < 4.78 is 0. The molecule has 0 aliphatic heterocycles. The van der Waals surface area contributed by atoms with Crippen molar-refractivity contribution in [2.24, 2.45) is 5.92 Å². The van der Waals surface area contributed by atoms with Gasteiger partial charge < -0.3 is 15.5 Å². The van der Waals surface area contributed by atoms with Gasteiger partial charge in [-0.15, -0.1) is 0 Å². The van der Waals surface area contributed by atoms with Crippen molar-refractivity contribution in [1.82, 2.24) is 5.32 Å². The standard InChI is InChI=1S/C11H23NO3/c1-3-10(13)8-12-7-6-9(2)4-5-11(14)15/h9-10,12-13H,3-8H2,1-2H3,(H,14,15). The predicted molar refractivity (Wildman–Crippen MR) is 59.8 cm³/mol. The van der Waals surface area contributed by atoms with Crippen molar-refractivity contribution >= 4 is 5.97 Å². The number of aliphatic hydroxyl groups excluding tert-OH is 1. The van der Waals surface area contributed by atoms with Gasteiger partial charge in [-0.05, 0) is 31.7 Å². The second-order valence-corrected chi connectivity index (χ2v) is 4.09. The lowest BCUT2D eigenvalue weighted by atomic mass is 10.0. The number of carboxylic acid groups (broad SMARTS) is 1. The third kappa shape index (κ3) is 9.69. The zero-order chi connectivity index (χ0) is 11.7. The highest BCUT2D eigenvalue weighted by Crippen LogP contribution is 2.08. The fourth-order valence-corrected chi connectivity index (χ4v) is 1.28. The Morgan fingerprint density at radius 2 is 2.07 bits per heavy atom. The van der Waals surface area contributed by atoms with Gasteiger partial charge >= 0.3 is 5.97 Å². The molecule has 0 saturated heterocycles. The molecule has 0 aromatic carbocycles. The summed E-state index contributed by atoms with van der Waals surface area (Å²) in [6, 6.07) is 0. The van der Waals surface area contributed by atoms with Crippen LogP contribution < -0.4 is 5.32 Å². The van der Waals surface area contributed by atoms with Gasteiger partial charge in [0.2, 0.25) is 0 Å². The van der Waals surface area contributed by atoms with Gasteiger partial charge in [0.05, 0.1) is 6.10 Å². The minimum Gasteiger partial charge on any atom is -0.481 e. The Hall–Kier alpha value is -0.610. The van der Waals surface area contributed by atoms with E-state index in [0.29, 0.717) is 12.5 Å². The molecule has 0 fully saturated rings. The molecule has 2 atom stereocenters. The van der Waals surface area contributed by atoms with Crippen LogP contribution in [0.2, 0.25) is 0 Å². The van der Waals surface area contributed by atoms with Crippen LogP contribution in [0.1, 0.15) is 39.5 Å². The van der Waals surface area contributed by atoms with Crippen LogP contribution in [-0.2, 0) is 4.79 Å². The van der Waals surface area contributed by atoms with Crippen LogP contribution in [0.15, 0.2) is 0 Å². The number of hydrogen-bond acceptors (Lipinski definition) is 3. The highest BCUT2D eigenvalue weighted by atomic mass is 16.4. The zero-order valence-corrected chi connectivity index (χ0v) is 9.70. The minimum absolute atomic E-state index is 0.249. The summed E-state index contributed by atoms with van der Waals surface area (Å²) >= 11 is 0. The van der Waals surface area contributed by atoms with Crippen LogP contribution >= 0.6 is 0 Å². The number of hydrogen-bond donors (Lipinski definition) is 3. The van der Waals surface area contributed by atoms with E-state index in [2.05, 4.69) is 12.2 Å². The quantitative estimate of drug-likeness (QED) is 0.508. The van der Waals surface area contributed by atoms with E-state index in [-0.39, 0.29) is 12.5 Å². The lowest BCUT2D eigenvalue weighted by molar-refractivity contribution is -0.137. The van der Waals surface area contributed by atoms with Gasteiger partial charge in [-0.2, -0.15) is 0 Å². The number of aliphatic hydroxyl groups is 1. The molecule has 0 amide bonds. The number of carboxylic acids is 1. The molecular formula is C11H23NO3. The summed E-state index contributed by atoms with van der Waals surface area (Å²) in [4.78, 5) is 10.3. The molecule has 0 bridgehead atoms. The molecule has 0 saturated carbocycles. The van der Waals surface area contributed by atoms with E-state index in [9.17, 15) is 9.90 Å².